The second kappa shape index (κ2) is 10.2. The zero-order chi connectivity index (χ0) is 32.9. The standard InChI is InChI=1S/C45H34N4/c1-29-21-24-43-44(46-29)35-28-32(23-26-40(35)47(43)30-13-5-4-6-14-30)48-38-18-10-7-15-33(38)34-27-31(22-25-39(34)48)49-41-19-11-8-16-36(41)45(2,3)37-17-9-12-20-42(37)49/h4-28H,1-3H3. The summed E-state index contributed by atoms with van der Waals surface area (Å²) in [6, 6.07) is 55.2. The van der Waals surface area contributed by atoms with E-state index in [1.54, 1.807) is 0 Å². The Morgan fingerprint density at radius 2 is 1.00 bits per heavy atom. The van der Waals surface area contributed by atoms with E-state index in [1.807, 2.05) is 0 Å². The lowest BCUT2D eigenvalue weighted by Gasteiger charge is -2.42. The van der Waals surface area contributed by atoms with Gasteiger partial charge in [0.05, 0.1) is 39.0 Å². The van der Waals surface area contributed by atoms with Crippen LogP contribution >= 0.6 is 0 Å². The fourth-order valence-corrected chi connectivity index (χ4v) is 8.29. The van der Waals surface area contributed by atoms with Crippen molar-refractivity contribution in [1.29, 1.82) is 0 Å². The highest BCUT2D eigenvalue weighted by molar-refractivity contribution is 6.12. The van der Waals surface area contributed by atoms with E-state index in [1.165, 1.54) is 44.3 Å². The van der Waals surface area contributed by atoms with Crippen LogP contribution in [0.2, 0.25) is 0 Å². The van der Waals surface area contributed by atoms with E-state index in [4.69, 9.17) is 4.98 Å². The highest BCUT2D eigenvalue weighted by Crippen LogP contribution is 2.52. The minimum absolute atomic E-state index is 0.0977. The molecule has 1 aliphatic heterocycles. The molecule has 0 unspecified atom stereocenters. The molecule has 0 atom stereocenters. The first-order valence-corrected chi connectivity index (χ1v) is 17.0. The van der Waals surface area contributed by atoms with Gasteiger partial charge in [0.15, 0.2) is 0 Å². The molecule has 10 rings (SSSR count). The van der Waals surface area contributed by atoms with Crippen molar-refractivity contribution in [2.24, 2.45) is 0 Å². The van der Waals surface area contributed by atoms with Gasteiger partial charge in [-0.1, -0.05) is 86.6 Å². The van der Waals surface area contributed by atoms with Gasteiger partial charge in [-0.3, -0.25) is 4.98 Å². The molecule has 6 aromatic carbocycles. The van der Waals surface area contributed by atoms with Crippen molar-refractivity contribution in [3.8, 4) is 11.4 Å². The highest BCUT2D eigenvalue weighted by atomic mass is 15.2. The van der Waals surface area contributed by atoms with Crippen molar-refractivity contribution in [2.75, 3.05) is 4.90 Å². The molecular weight excluding hydrogens is 597 g/mol. The summed E-state index contributed by atoms with van der Waals surface area (Å²) in [5.74, 6) is 0. The summed E-state index contributed by atoms with van der Waals surface area (Å²) < 4.78 is 4.74. The number of hydrogen-bond donors (Lipinski definition) is 0. The average Bonchev–Trinajstić information content (AvgIpc) is 3.64. The Bertz CT molecular complexity index is 2710. The van der Waals surface area contributed by atoms with Gasteiger partial charge in [0.25, 0.3) is 0 Å². The van der Waals surface area contributed by atoms with Crippen LogP contribution in [0.5, 0.6) is 0 Å². The predicted octanol–water partition coefficient (Wildman–Crippen LogP) is 11.7. The summed E-state index contributed by atoms with van der Waals surface area (Å²) >= 11 is 0. The second-order valence-electron chi connectivity index (χ2n) is 13.7. The van der Waals surface area contributed by atoms with E-state index in [0.29, 0.717) is 0 Å². The molecule has 0 bridgehead atoms. The van der Waals surface area contributed by atoms with E-state index in [0.717, 1.165) is 44.7 Å². The predicted molar refractivity (Wildman–Crippen MR) is 204 cm³/mol. The number of pyridine rings is 1. The smallest absolute Gasteiger partial charge is 0.0967 e. The quantitative estimate of drug-likeness (QED) is 0.194. The van der Waals surface area contributed by atoms with Gasteiger partial charge in [-0.05, 0) is 96.9 Å². The third-order valence-electron chi connectivity index (χ3n) is 10.6. The van der Waals surface area contributed by atoms with Gasteiger partial charge in [-0.15, -0.1) is 0 Å². The molecule has 0 saturated heterocycles. The fourth-order valence-electron chi connectivity index (χ4n) is 8.29. The van der Waals surface area contributed by atoms with Crippen molar-refractivity contribution < 1.29 is 0 Å². The minimum Gasteiger partial charge on any atom is -0.310 e. The number of nitrogens with zero attached hydrogens (tertiary/aromatic N) is 4. The van der Waals surface area contributed by atoms with Crippen LogP contribution in [-0.2, 0) is 5.41 Å². The largest absolute Gasteiger partial charge is 0.310 e. The SMILES string of the molecule is Cc1ccc2c(n1)c1cc(-n3c4ccccc4c4cc(N5c6ccccc6C(C)(C)c6ccccc65)ccc43)ccc1n2-c1ccccc1. The molecule has 0 saturated carbocycles. The Morgan fingerprint density at radius 1 is 0.449 bits per heavy atom. The number of rotatable bonds is 3. The summed E-state index contributed by atoms with van der Waals surface area (Å²) in [5.41, 5.74) is 15.1. The molecule has 0 radical (unpaired) electrons. The number of para-hydroxylation sites is 4. The molecule has 4 nitrogen and oxygen atoms in total. The Balaban J connectivity index is 1.21. The monoisotopic (exact) mass is 630 g/mol. The lowest BCUT2D eigenvalue weighted by molar-refractivity contribution is 0.632. The van der Waals surface area contributed by atoms with Crippen LogP contribution in [0.3, 0.4) is 0 Å². The van der Waals surface area contributed by atoms with Crippen LogP contribution in [0.15, 0.2) is 152 Å². The van der Waals surface area contributed by atoms with Gasteiger partial charge in [0, 0.05) is 44.3 Å². The van der Waals surface area contributed by atoms with Crippen LogP contribution in [-0.4, -0.2) is 14.1 Å². The number of anilines is 3. The Labute approximate surface area is 285 Å². The van der Waals surface area contributed by atoms with Gasteiger partial charge < -0.3 is 14.0 Å². The molecule has 4 heteroatoms. The zero-order valence-electron chi connectivity index (χ0n) is 27.7. The van der Waals surface area contributed by atoms with Gasteiger partial charge in [0.2, 0.25) is 0 Å². The van der Waals surface area contributed by atoms with Crippen molar-refractivity contribution in [1.82, 2.24) is 14.1 Å². The number of aromatic nitrogens is 3. The second-order valence-corrected chi connectivity index (χ2v) is 13.7. The Morgan fingerprint density at radius 3 is 1.76 bits per heavy atom. The van der Waals surface area contributed by atoms with Gasteiger partial charge in [-0.25, -0.2) is 0 Å². The van der Waals surface area contributed by atoms with Gasteiger partial charge >= 0.3 is 0 Å². The van der Waals surface area contributed by atoms with E-state index >= 15 is 0 Å². The summed E-state index contributed by atoms with van der Waals surface area (Å²) in [5, 5.41) is 3.61. The lowest BCUT2D eigenvalue weighted by Crippen LogP contribution is -2.30. The molecule has 0 spiro atoms. The summed E-state index contributed by atoms with van der Waals surface area (Å²) in [6.07, 6.45) is 0. The number of fused-ring (bicyclic) bond motifs is 8. The molecule has 4 heterocycles. The lowest BCUT2D eigenvalue weighted by atomic mass is 9.73. The van der Waals surface area contributed by atoms with E-state index in [2.05, 4.69) is 186 Å². The first-order valence-electron chi connectivity index (χ1n) is 17.0. The van der Waals surface area contributed by atoms with Gasteiger partial charge in [0.1, 0.15) is 0 Å². The Kier molecular flexibility index (Phi) is 5.81. The topological polar surface area (TPSA) is 26.0 Å². The molecule has 9 aromatic rings. The molecule has 234 valence electrons. The van der Waals surface area contributed by atoms with Crippen LogP contribution in [0.25, 0.3) is 55.1 Å². The van der Waals surface area contributed by atoms with Crippen molar-refractivity contribution >= 4 is 60.8 Å². The fraction of sp³-hybridized carbons (Fsp3) is 0.0889. The third-order valence-corrected chi connectivity index (χ3v) is 10.6. The Hall–Kier alpha value is -6.13. The first kappa shape index (κ1) is 27.9. The molecule has 0 N–H and O–H groups in total. The van der Waals surface area contributed by atoms with Crippen molar-refractivity contribution in [2.45, 2.75) is 26.2 Å². The van der Waals surface area contributed by atoms with Crippen LogP contribution < -0.4 is 4.90 Å². The molecule has 3 aromatic heterocycles. The number of benzene rings is 6. The summed E-state index contributed by atoms with van der Waals surface area (Å²) in [4.78, 5) is 7.52. The van der Waals surface area contributed by atoms with Crippen LogP contribution in [0, 0.1) is 6.92 Å². The average molecular weight is 631 g/mol. The van der Waals surface area contributed by atoms with Crippen LogP contribution in [0.1, 0.15) is 30.7 Å². The summed E-state index contributed by atoms with van der Waals surface area (Å²) in [7, 11) is 0. The van der Waals surface area contributed by atoms with Gasteiger partial charge in [-0.2, -0.15) is 0 Å². The molecule has 0 fully saturated rings. The van der Waals surface area contributed by atoms with Crippen LogP contribution in [0.4, 0.5) is 17.1 Å². The first-order chi connectivity index (χ1) is 24.0. The third kappa shape index (κ3) is 3.95. The van der Waals surface area contributed by atoms with Crippen molar-refractivity contribution in [3.63, 3.8) is 0 Å². The minimum atomic E-state index is -0.0977. The molecule has 49 heavy (non-hydrogen) atoms. The normalized spacial score (nSPS) is 13.7. The maximum absolute atomic E-state index is 5.07. The number of hydrogen-bond acceptors (Lipinski definition) is 2. The molecule has 0 amide bonds. The molecule has 1 aliphatic rings. The maximum Gasteiger partial charge on any atom is 0.0967 e. The maximum atomic E-state index is 5.07. The van der Waals surface area contributed by atoms with E-state index in [9.17, 15) is 0 Å². The zero-order valence-corrected chi connectivity index (χ0v) is 27.7. The van der Waals surface area contributed by atoms with E-state index in [-0.39, 0.29) is 5.41 Å². The number of aryl methyl sites for hydroxylation is 1. The highest BCUT2D eigenvalue weighted by Gasteiger charge is 2.36. The molecule has 0 aliphatic carbocycles. The van der Waals surface area contributed by atoms with Crippen molar-refractivity contribution in [3.05, 3.63) is 168 Å². The summed E-state index contributed by atoms with van der Waals surface area (Å²) in [6.45, 7) is 6.74. The molecular formula is C45H34N4. The van der Waals surface area contributed by atoms with E-state index < -0.39 is 0 Å².